The molecule has 0 aliphatic carbocycles. The summed E-state index contributed by atoms with van der Waals surface area (Å²) in [5.74, 6) is 0.463. The zero-order valence-electron chi connectivity index (χ0n) is 10.7. The topological polar surface area (TPSA) is 62.9 Å². The van der Waals surface area contributed by atoms with E-state index in [4.69, 9.17) is 9.52 Å². The molecule has 17 heavy (non-hydrogen) atoms. The standard InChI is InChI=1S/C12H19NO4/c1-8-5-10(6-13(3)9(2)7-14)17-11(8)12(15)16-4/h5,9,14H,6-7H2,1-4H3. The molecule has 0 saturated carbocycles. The van der Waals surface area contributed by atoms with E-state index >= 15 is 0 Å². The van der Waals surface area contributed by atoms with Crippen LogP contribution in [0.25, 0.3) is 0 Å². The highest BCUT2D eigenvalue weighted by Gasteiger charge is 2.17. The van der Waals surface area contributed by atoms with E-state index in [1.807, 2.05) is 24.9 Å². The number of carbonyl (C=O) groups is 1. The molecule has 0 aromatic carbocycles. The van der Waals surface area contributed by atoms with E-state index in [1.165, 1.54) is 7.11 Å². The van der Waals surface area contributed by atoms with Gasteiger partial charge in [0.15, 0.2) is 0 Å². The first-order valence-corrected chi connectivity index (χ1v) is 5.48. The number of rotatable bonds is 5. The Morgan fingerprint density at radius 3 is 2.82 bits per heavy atom. The van der Waals surface area contributed by atoms with E-state index in [9.17, 15) is 4.79 Å². The second-order valence-electron chi connectivity index (χ2n) is 4.16. The van der Waals surface area contributed by atoms with Gasteiger partial charge in [0.25, 0.3) is 0 Å². The fourth-order valence-corrected chi connectivity index (χ4v) is 1.46. The van der Waals surface area contributed by atoms with Crippen molar-refractivity contribution in [3.05, 3.63) is 23.2 Å². The Bertz CT molecular complexity index is 386. The first kappa shape index (κ1) is 13.7. The number of likely N-dealkylation sites (N-methyl/N-ethyl adjacent to an activating group) is 1. The predicted molar refractivity (Wildman–Crippen MR) is 62.8 cm³/mol. The summed E-state index contributed by atoms with van der Waals surface area (Å²) in [7, 11) is 3.21. The molecule has 0 aliphatic heterocycles. The first-order chi connectivity index (χ1) is 7.99. The zero-order valence-corrected chi connectivity index (χ0v) is 10.7. The van der Waals surface area contributed by atoms with Crippen LogP contribution in [0.2, 0.25) is 0 Å². The summed E-state index contributed by atoms with van der Waals surface area (Å²) in [6.07, 6.45) is 0. The van der Waals surface area contributed by atoms with Crippen molar-refractivity contribution < 1.29 is 19.1 Å². The molecule has 0 radical (unpaired) electrons. The number of ether oxygens (including phenoxy) is 1. The van der Waals surface area contributed by atoms with Gasteiger partial charge in [-0.1, -0.05) is 0 Å². The van der Waals surface area contributed by atoms with Gasteiger partial charge >= 0.3 is 5.97 Å². The summed E-state index contributed by atoms with van der Waals surface area (Å²) >= 11 is 0. The summed E-state index contributed by atoms with van der Waals surface area (Å²) in [4.78, 5) is 13.3. The molecule has 0 spiro atoms. The fraction of sp³-hybridized carbons (Fsp3) is 0.583. The van der Waals surface area contributed by atoms with Crippen LogP contribution < -0.4 is 0 Å². The average Bonchev–Trinajstić information content (AvgIpc) is 2.67. The van der Waals surface area contributed by atoms with Crippen molar-refractivity contribution in [2.24, 2.45) is 0 Å². The molecule has 5 nitrogen and oxygen atoms in total. The van der Waals surface area contributed by atoms with Crippen LogP contribution in [0.3, 0.4) is 0 Å². The zero-order chi connectivity index (χ0) is 13.0. The molecule has 1 aromatic rings. The molecule has 5 heteroatoms. The maximum Gasteiger partial charge on any atom is 0.374 e. The van der Waals surface area contributed by atoms with Gasteiger partial charge in [-0.15, -0.1) is 0 Å². The molecular formula is C12H19NO4. The van der Waals surface area contributed by atoms with Crippen molar-refractivity contribution in [1.82, 2.24) is 4.90 Å². The molecule has 1 rings (SSSR count). The largest absolute Gasteiger partial charge is 0.463 e. The van der Waals surface area contributed by atoms with Crippen LogP contribution >= 0.6 is 0 Å². The smallest absolute Gasteiger partial charge is 0.374 e. The SMILES string of the molecule is COC(=O)c1oc(CN(C)C(C)CO)cc1C. The van der Waals surface area contributed by atoms with Crippen LogP contribution in [0.15, 0.2) is 10.5 Å². The van der Waals surface area contributed by atoms with Gasteiger partial charge in [-0.25, -0.2) is 4.79 Å². The number of hydrogen-bond acceptors (Lipinski definition) is 5. The lowest BCUT2D eigenvalue weighted by Gasteiger charge is -2.21. The van der Waals surface area contributed by atoms with Crippen LogP contribution in [-0.2, 0) is 11.3 Å². The monoisotopic (exact) mass is 241 g/mol. The number of hydrogen-bond donors (Lipinski definition) is 1. The van der Waals surface area contributed by atoms with Gasteiger partial charge in [0.1, 0.15) is 5.76 Å². The molecule has 96 valence electrons. The maximum atomic E-state index is 11.4. The Balaban J connectivity index is 2.77. The number of furan rings is 1. The molecule has 0 saturated heterocycles. The quantitative estimate of drug-likeness (QED) is 0.784. The molecular weight excluding hydrogens is 222 g/mol. The third-order valence-electron chi connectivity index (χ3n) is 2.76. The molecule has 1 N–H and O–H groups in total. The maximum absolute atomic E-state index is 11.4. The van der Waals surface area contributed by atoms with Crippen molar-refractivity contribution in [2.75, 3.05) is 20.8 Å². The second kappa shape index (κ2) is 5.84. The molecule has 1 atom stereocenters. The predicted octanol–water partition coefficient (Wildman–Crippen LogP) is 1.19. The van der Waals surface area contributed by atoms with Gasteiger partial charge < -0.3 is 14.3 Å². The Kier molecular flexibility index (Phi) is 4.72. The van der Waals surface area contributed by atoms with E-state index in [0.717, 1.165) is 5.56 Å². The second-order valence-corrected chi connectivity index (χ2v) is 4.16. The van der Waals surface area contributed by atoms with Gasteiger partial charge in [0, 0.05) is 11.6 Å². The van der Waals surface area contributed by atoms with Crippen LogP contribution in [-0.4, -0.2) is 42.8 Å². The van der Waals surface area contributed by atoms with Crippen LogP contribution in [0.5, 0.6) is 0 Å². The lowest BCUT2D eigenvalue weighted by atomic mass is 10.2. The number of methoxy groups -OCH3 is 1. The molecule has 1 aromatic heterocycles. The number of nitrogens with zero attached hydrogens (tertiary/aromatic N) is 1. The minimum absolute atomic E-state index is 0.0435. The fourth-order valence-electron chi connectivity index (χ4n) is 1.46. The molecule has 1 heterocycles. The third-order valence-corrected chi connectivity index (χ3v) is 2.76. The highest BCUT2D eigenvalue weighted by atomic mass is 16.5. The van der Waals surface area contributed by atoms with Crippen molar-refractivity contribution >= 4 is 5.97 Å². The van der Waals surface area contributed by atoms with E-state index in [1.54, 1.807) is 6.92 Å². The summed E-state index contributed by atoms with van der Waals surface area (Å²) in [6.45, 7) is 4.34. The molecule has 0 fully saturated rings. The van der Waals surface area contributed by atoms with Gasteiger partial charge in [-0.2, -0.15) is 0 Å². The molecule has 0 aliphatic rings. The highest BCUT2D eigenvalue weighted by Crippen LogP contribution is 2.17. The third kappa shape index (κ3) is 3.31. The number of aliphatic hydroxyl groups is 1. The molecule has 1 unspecified atom stereocenters. The lowest BCUT2D eigenvalue weighted by Crippen LogP contribution is -2.31. The normalized spacial score (nSPS) is 12.8. The van der Waals surface area contributed by atoms with E-state index < -0.39 is 5.97 Å². The van der Waals surface area contributed by atoms with E-state index in [-0.39, 0.29) is 18.4 Å². The number of aryl methyl sites for hydroxylation is 1. The summed E-state index contributed by atoms with van der Waals surface area (Å²) in [5.41, 5.74) is 0.761. The number of esters is 1. The molecule has 0 amide bonds. The van der Waals surface area contributed by atoms with Crippen LogP contribution in [0.4, 0.5) is 0 Å². The van der Waals surface area contributed by atoms with Crippen molar-refractivity contribution in [2.45, 2.75) is 26.4 Å². The lowest BCUT2D eigenvalue weighted by molar-refractivity contribution is 0.0558. The number of aliphatic hydroxyl groups excluding tert-OH is 1. The van der Waals surface area contributed by atoms with Crippen molar-refractivity contribution in [3.8, 4) is 0 Å². The first-order valence-electron chi connectivity index (χ1n) is 5.48. The minimum atomic E-state index is -0.466. The Labute approximate surface area is 101 Å². The summed E-state index contributed by atoms with van der Waals surface area (Å²) in [5, 5.41) is 9.02. The molecule has 0 bridgehead atoms. The van der Waals surface area contributed by atoms with E-state index in [0.29, 0.717) is 12.3 Å². The summed E-state index contributed by atoms with van der Waals surface area (Å²) < 4.78 is 10.1. The Morgan fingerprint density at radius 1 is 1.65 bits per heavy atom. The van der Waals surface area contributed by atoms with Crippen LogP contribution in [0.1, 0.15) is 28.8 Å². The van der Waals surface area contributed by atoms with Crippen molar-refractivity contribution in [1.29, 1.82) is 0 Å². The van der Waals surface area contributed by atoms with Gasteiger partial charge in [0.2, 0.25) is 5.76 Å². The minimum Gasteiger partial charge on any atom is -0.463 e. The Morgan fingerprint density at radius 2 is 2.29 bits per heavy atom. The highest BCUT2D eigenvalue weighted by molar-refractivity contribution is 5.87. The van der Waals surface area contributed by atoms with Gasteiger partial charge in [0.05, 0.1) is 20.3 Å². The average molecular weight is 241 g/mol. The summed E-state index contributed by atoms with van der Waals surface area (Å²) in [6, 6.07) is 1.86. The van der Waals surface area contributed by atoms with Crippen LogP contribution in [0, 0.1) is 6.92 Å². The van der Waals surface area contributed by atoms with Gasteiger partial charge in [-0.05, 0) is 27.0 Å². The number of carbonyl (C=O) groups excluding carboxylic acids is 1. The van der Waals surface area contributed by atoms with E-state index in [2.05, 4.69) is 4.74 Å². The van der Waals surface area contributed by atoms with Gasteiger partial charge in [-0.3, -0.25) is 4.90 Å². The Hall–Kier alpha value is -1.33. The van der Waals surface area contributed by atoms with Crippen molar-refractivity contribution in [3.63, 3.8) is 0 Å².